The van der Waals surface area contributed by atoms with Crippen molar-refractivity contribution in [1.29, 1.82) is 0 Å². The first-order valence-corrected chi connectivity index (χ1v) is 8.04. The molecule has 2 aromatic rings. The number of furan rings is 1. The van der Waals surface area contributed by atoms with Crippen molar-refractivity contribution >= 4 is 11.6 Å². The molecule has 1 aliphatic heterocycles. The van der Waals surface area contributed by atoms with Crippen LogP contribution in [0.4, 0.5) is 5.69 Å². The minimum atomic E-state index is -0.496. The average molecular weight is 332 g/mol. The van der Waals surface area contributed by atoms with Crippen LogP contribution in [-0.2, 0) is 11.3 Å². The van der Waals surface area contributed by atoms with Gasteiger partial charge in [-0.1, -0.05) is 6.92 Å². The Morgan fingerprint density at radius 1 is 1.54 bits per heavy atom. The van der Waals surface area contributed by atoms with Crippen molar-refractivity contribution in [3.63, 3.8) is 0 Å². The molecule has 8 heteroatoms. The van der Waals surface area contributed by atoms with Gasteiger partial charge in [-0.15, -0.1) is 0 Å². The van der Waals surface area contributed by atoms with Gasteiger partial charge in [0.2, 0.25) is 5.91 Å². The van der Waals surface area contributed by atoms with Gasteiger partial charge in [0, 0.05) is 19.5 Å². The number of amides is 1. The molecule has 2 atom stereocenters. The lowest BCUT2D eigenvalue weighted by Gasteiger charge is -2.37. The summed E-state index contributed by atoms with van der Waals surface area (Å²) < 4.78 is 6.94. The van der Waals surface area contributed by atoms with Crippen LogP contribution in [0, 0.1) is 16.0 Å². The Morgan fingerprint density at radius 3 is 3.04 bits per heavy atom. The number of hydrogen-bond acceptors (Lipinski definition) is 5. The Hall–Kier alpha value is -2.64. The topological polar surface area (TPSA) is 94.4 Å². The van der Waals surface area contributed by atoms with Crippen molar-refractivity contribution in [2.24, 2.45) is 5.92 Å². The van der Waals surface area contributed by atoms with Crippen LogP contribution < -0.4 is 0 Å². The van der Waals surface area contributed by atoms with E-state index in [1.807, 2.05) is 17.0 Å². The van der Waals surface area contributed by atoms with E-state index in [0.717, 1.165) is 18.6 Å². The lowest BCUT2D eigenvalue weighted by Crippen LogP contribution is -2.40. The zero-order valence-electron chi connectivity index (χ0n) is 13.5. The summed E-state index contributed by atoms with van der Waals surface area (Å²) in [5.41, 5.74) is -0.0669. The second-order valence-electron chi connectivity index (χ2n) is 6.22. The molecule has 3 rings (SSSR count). The van der Waals surface area contributed by atoms with Crippen molar-refractivity contribution in [3.8, 4) is 0 Å². The fraction of sp³-hybridized carbons (Fsp3) is 0.500. The maximum Gasteiger partial charge on any atom is 0.306 e. The predicted octanol–water partition coefficient (Wildman–Crippen LogP) is 2.77. The molecular formula is C16H20N4O4. The van der Waals surface area contributed by atoms with Crippen LogP contribution in [0.2, 0.25) is 0 Å². The van der Waals surface area contributed by atoms with Crippen molar-refractivity contribution < 1.29 is 14.1 Å². The largest absolute Gasteiger partial charge is 0.467 e. The molecule has 0 saturated carbocycles. The van der Waals surface area contributed by atoms with Crippen LogP contribution in [0.1, 0.15) is 38.0 Å². The van der Waals surface area contributed by atoms with Gasteiger partial charge < -0.3 is 9.32 Å². The molecule has 0 spiro atoms. The van der Waals surface area contributed by atoms with Gasteiger partial charge in [-0.05, 0) is 30.9 Å². The molecular weight excluding hydrogens is 312 g/mol. The third-order valence-corrected chi connectivity index (χ3v) is 4.44. The Kier molecular flexibility index (Phi) is 4.64. The van der Waals surface area contributed by atoms with Crippen LogP contribution in [-0.4, -0.2) is 32.1 Å². The van der Waals surface area contributed by atoms with E-state index in [1.54, 1.807) is 6.26 Å². The van der Waals surface area contributed by atoms with Crippen LogP contribution in [0.5, 0.6) is 0 Å². The van der Waals surface area contributed by atoms with E-state index in [4.69, 9.17) is 4.42 Å². The summed E-state index contributed by atoms with van der Waals surface area (Å²) in [4.78, 5) is 24.7. The Balaban J connectivity index is 1.64. The van der Waals surface area contributed by atoms with Crippen molar-refractivity contribution in [1.82, 2.24) is 14.7 Å². The van der Waals surface area contributed by atoms with E-state index in [1.165, 1.54) is 17.1 Å². The fourth-order valence-corrected chi connectivity index (χ4v) is 3.11. The van der Waals surface area contributed by atoms with E-state index < -0.39 is 4.92 Å². The van der Waals surface area contributed by atoms with E-state index in [0.29, 0.717) is 19.0 Å². The maximum atomic E-state index is 12.6. The number of nitrogens with zero attached hydrogens (tertiary/aromatic N) is 4. The zero-order chi connectivity index (χ0) is 17.1. The highest BCUT2D eigenvalue weighted by atomic mass is 16.6. The van der Waals surface area contributed by atoms with Crippen molar-refractivity contribution in [2.75, 3.05) is 6.54 Å². The molecule has 2 aromatic heterocycles. The lowest BCUT2D eigenvalue weighted by atomic mass is 9.91. The van der Waals surface area contributed by atoms with Gasteiger partial charge >= 0.3 is 5.69 Å². The smallest absolute Gasteiger partial charge is 0.306 e. The first-order chi connectivity index (χ1) is 11.5. The number of carbonyl (C=O) groups is 1. The maximum absolute atomic E-state index is 12.6. The number of hydrogen-bond donors (Lipinski definition) is 0. The summed E-state index contributed by atoms with van der Waals surface area (Å²) in [6.45, 7) is 3.20. The van der Waals surface area contributed by atoms with Crippen molar-refractivity contribution in [2.45, 2.75) is 38.8 Å². The molecule has 1 fully saturated rings. The molecule has 0 radical (unpaired) electrons. The summed E-state index contributed by atoms with van der Waals surface area (Å²) in [5.74, 6) is 1.36. The molecule has 0 bridgehead atoms. The lowest BCUT2D eigenvalue weighted by molar-refractivity contribution is -0.385. The van der Waals surface area contributed by atoms with Crippen LogP contribution in [0.3, 0.4) is 0 Å². The SMILES string of the molecule is C[C@H]1CCN(C(=O)CCn2cc([N+](=O)[O-])cn2)[C@@H](c2ccco2)C1. The second-order valence-corrected chi connectivity index (χ2v) is 6.22. The number of piperidine rings is 1. The summed E-state index contributed by atoms with van der Waals surface area (Å²) in [7, 11) is 0. The Morgan fingerprint density at radius 2 is 2.38 bits per heavy atom. The first kappa shape index (κ1) is 16.2. The number of rotatable bonds is 5. The van der Waals surface area contributed by atoms with E-state index in [-0.39, 0.29) is 24.1 Å². The molecule has 1 amide bonds. The summed E-state index contributed by atoms with van der Waals surface area (Å²) in [6.07, 6.45) is 6.27. The van der Waals surface area contributed by atoms with Gasteiger partial charge in [0.05, 0.1) is 17.2 Å². The molecule has 128 valence electrons. The van der Waals surface area contributed by atoms with Crippen LogP contribution in [0.25, 0.3) is 0 Å². The normalized spacial score (nSPS) is 21.0. The number of nitro groups is 1. The summed E-state index contributed by atoms with van der Waals surface area (Å²) in [5, 5.41) is 14.6. The predicted molar refractivity (Wildman–Crippen MR) is 85.1 cm³/mol. The third kappa shape index (κ3) is 3.47. The Labute approximate surface area is 139 Å². The van der Waals surface area contributed by atoms with E-state index >= 15 is 0 Å². The molecule has 8 nitrogen and oxygen atoms in total. The number of carbonyl (C=O) groups excluding carboxylic acids is 1. The second kappa shape index (κ2) is 6.86. The standard InChI is InChI=1S/C16H20N4O4/c1-12-4-7-19(14(9-12)15-3-2-8-24-15)16(21)5-6-18-11-13(10-17-18)20(22)23/h2-3,8,10-12,14H,4-7,9H2,1H3/t12-,14+/m0/s1. The van der Waals surface area contributed by atoms with Gasteiger partial charge in [-0.2, -0.15) is 5.10 Å². The highest BCUT2D eigenvalue weighted by Crippen LogP contribution is 2.34. The van der Waals surface area contributed by atoms with E-state index in [2.05, 4.69) is 12.0 Å². The monoisotopic (exact) mass is 332 g/mol. The molecule has 1 aliphatic rings. The fourth-order valence-electron chi connectivity index (χ4n) is 3.11. The molecule has 0 aliphatic carbocycles. The molecule has 0 aromatic carbocycles. The first-order valence-electron chi connectivity index (χ1n) is 8.04. The third-order valence-electron chi connectivity index (χ3n) is 4.44. The molecule has 0 N–H and O–H groups in total. The quantitative estimate of drug-likeness (QED) is 0.620. The summed E-state index contributed by atoms with van der Waals surface area (Å²) in [6, 6.07) is 3.70. The zero-order valence-corrected chi connectivity index (χ0v) is 13.5. The Bertz CT molecular complexity index is 709. The average Bonchev–Trinajstić information content (AvgIpc) is 3.24. The molecule has 3 heterocycles. The van der Waals surface area contributed by atoms with Crippen molar-refractivity contribution in [3.05, 3.63) is 46.7 Å². The van der Waals surface area contributed by atoms with Crippen LogP contribution in [0.15, 0.2) is 35.2 Å². The van der Waals surface area contributed by atoms with E-state index in [9.17, 15) is 14.9 Å². The van der Waals surface area contributed by atoms with Gasteiger partial charge in [0.25, 0.3) is 0 Å². The van der Waals surface area contributed by atoms with Gasteiger partial charge in [0.15, 0.2) is 0 Å². The minimum absolute atomic E-state index is 0.0152. The number of aromatic nitrogens is 2. The molecule has 0 unspecified atom stereocenters. The highest BCUT2D eigenvalue weighted by molar-refractivity contribution is 5.76. The molecule has 1 saturated heterocycles. The highest BCUT2D eigenvalue weighted by Gasteiger charge is 2.32. The minimum Gasteiger partial charge on any atom is -0.467 e. The number of aryl methyl sites for hydroxylation is 1. The number of likely N-dealkylation sites (tertiary alicyclic amines) is 1. The summed E-state index contributed by atoms with van der Waals surface area (Å²) >= 11 is 0. The molecule has 24 heavy (non-hydrogen) atoms. The van der Waals surface area contributed by atoms with Crippen LogP contribution >= 0.6 is 0 Å². The van der Waals surface area contributed by atoms with Gasteiger partial charge in [-0.3, -0.25) is 19.6 Å². The van der Waals surface area contributed by atoms with Gasteiger partial charge in [0.1, 0.15) is 18.2 Å². The van der Waals surface area contributed by atoms with Gasteiger partial charge in [-0.25, -0.2) is 0 Å².